The second-order valence-corrected chi connectivity index (χ2v) is 3.98. The first-order chi connectivity index (χ1) is 7.90. The Balaban J connectivity index is 2.13. The summed E-state index contributed by atoms with van der Waals surface area (Å²) in [6, 6.07) is 6.32. The summed E-state index contributed by atoms with van der Waals surface area (Å²) >= 11 is 0. The third-order valence-electron chi connectivity index (χ3n) is 2.76. The molecule has 1 aliphatic carbocycles. The van der Waals surface area contributed by atoms with Gasteiger partial charge in [0.1, 0.15) is 11.4 Å². The molecular formula is C11H13N5. The van der Waals surface area contributed by atoms with Gasteiger partial charge in [0.2, 0.25) is 0 Å². The van der Waals surface area contributed by atoms with Crippen molar-refractivity contribution >= 4 is 0 Å². The number of nitrogens with zero attached hydrogens (tertiary/aromatic N) is 4. The van der Waals surface area contributed by atoms with E-state index in [0.717, 1.165) is 17.1 Å². The van der Waals surface area contributed by atoms with Crippen LogP contribution >= 0.6 is 0 Å². The minimum atomic E-state index is 0.401. The maximum atomic E-state index is 5.68. The summed E-state index contributed by atoms with van der Waals surface area (Å²) in [6.45, 7) is 0.401. The lowest BCUT2D eigenvalue weighted by Crippen LogP contribution is -2.03. The molecule has 0 radical (unpaired) electrons. The highest BCUT2D eigenvalue weighted by atomic mass is 15.5. The van der Waals surface area contributed by atoms with Gasteiger partial charge >= 0.3 is 0 Å². The van der Waals surface area contributed by atoms with E-state index < -0.39 is 0 Å². The fraction of sp³-hybridized carbons (Fsp3) is 0.364. The first kappa shape index (κ1) is 9.47. The van der Waals surface area contributed by atoms with Crippen LogP contribution in [0.15, 0.2) is 24.4 Å². The molecule has 1 aliphatic rings. The van der Waals surface area contributed by atoms with Crippen molar-refractivity contribution in [1.82, 2.24) is 20.0 Å². The van der Waals surface area contributed by atoms with Crippen molar-refractivity contribution in [3.05, 3.63) is 30.1 Å². The van der Waals surface area contributed by atoms with Crippen molar-refractivity contribution in [2.75, 3.05) is 0 Å². The first-order valence-electron chi connectivity index (χ1n) is 5.45. The van der Waals surface area contributed by atoms with Gasteiger partial charge in [-0.3, -0.25) is 4.98 Å². The van der Waals surface area contributed by atoms with E-state index in [2.05, 4.69) is 15.3 Å². The Morgan fingerprint density at radius 3 is 2.88 bits per heavy atom. The molecule has 1 saturated carbocycles. The Bertz CT molecular complexity index is 486. The molecule has 0 amide bonds. The topological polar surface area (TPSA) is 69.6 Å². The first-order valence-corrected chi connectivity index (χ1v) is 5.45. The predicted octanol–water partition coefficient (Wildman–Crippen LogP) is 1.13. The average Bonchev–Trinajstić information content (AvgIpc) is 3.09. The summed E-state index contributed by atoms with van der Waals surface area (Å²) in [5.41, 5.74) is 8.38. The molecule has 0 bridgehead atoms. The average molecular weight is 215 g/mol. The molecule has 5 nitrogen and oxygen atoms in total. The zero-order valence-corrected chi connectivity index (χ0v) is 8.87. The Kier molecular flexibility index (Phi) is 2.18. The van der Waals surface area contributed by atoms with Crippen molar-refractivity contribution < 1.29 is 0 Å². The molecule has 1 fully saturated rings. The van der Waals surface area contributed by atoms with Crippen LogP contribution in [0.4, 0.5) is 0 Å². The third-order valence-corrected chi connectivity index (χ3v) is 2.76. The maximum Gasteiger partial charge on any atom is 0.112 e. The van der Waals surface area contributed by atoms with Gasteiger partial charge in [-0.2, -0.15) is 0 Å². The monoisotopic (exact) mass is 215 g/mol. The molecule has 0 saturated heterocycles. The van der Waals surface area contributed by atoms with Crippen molar-refractivity contribution in [2.45, 2.75) is 25.4 Å². The summed E-state index contributed by atoms with van der Waals surface area (Å²) < 4.78 is 1.96. The van der Waals surface area contributed by atoms with Crippen LogP contribution in [-0.2, 0) is 6.54 Å². The van der Waals surface area contributed by atoms with Gasteiger partial charge < -0.3 is 5.73 Å². The molecule has 2 heterocycles. The van der Waals surface area contributed by atoms with Gasteiger partial charge in [0, 0.05) is 12.7 Å². The summed E-state index contributed by atoms with van der Waals surface area (Å²) in [7, 11) is 0. The molecule has 82 valence electrons. The van der Waals surface area contributed by atoms with E-state index in [1.165, 1.54) is 12.8 Å². The molecule has 3 rings (SSSR count). The van der Waals surface area contributed by atoms with E-state index >= 15 is 0 Å². The highest BCUT2D eigenvalue weighted by molar-refractivity contribution is 5.57. The number of rotatable bonds is 3. The molecule has 0 spiro atoms. The van der Waals surface area contributed by atoms with Crippen molar-refractivity contribution in [3.63, 3.8) is 0 Å². The molecule has 0 unspecified atom stereocenters. The summed E-state index contributed by atoms with van der Waals surface area (Å²) in [4.78, 5) is 4.34. The zero-order valence-electron chi connectivity index (χ0n) is 8.87. The molecule has 16 heavy (non-hydrogen) atoms. The smallest absolute Gasteiger partial charge is 0.112 e. The van der Waals surface area contributed by atoms with Crippen molar-refractivity contribution in [2.24, 2.45) is 5.73 Å². The van der Waals surface area contributed by atoms with E-state index in [-0.39, 0.29) is 0 Å². The predicted molar refractivity (Wildman–Crippen MR) is 59.4 cm³/mol. The third kappa shape index (κ3) is 1.49. The number of hydrogen-bond acceptors (Lipinski definition) is 4. The van der Waals surface area contributed by atoms with Gasteiger partial charge in [0.05, 0.1) is 11.7 Å². The molecule has 2 aromatic heterocycles. The minimum absolute atomic E-state index is 0.401. The van der Waals surface area contributed by atoms with Crippen LogP contribution in [0.1, 0.15) is 24.6 Å². The number of aromatic nitrogens is 4. The molecule has 2 N–H and O–H groups in total. The van der Waals surface area contributed by atoms with E-state index in [1.807, 2.05) is 22.9 Å². The number of nitrogens with two attached hydrogens (primary N) is 1. The fourth-order valence-electron chi connectivity index (χ4n) is 1.81. The van der Waals surface area contributed by atoms with Crippen LogP contribution in [0.25, 0.3) is 11.4 Å². The molecule has 0 atom stereocenters. The lowest BCUT2D eigenvalue weighted by Gasteiger charge is -2.05. The summed E-state index contributed by atoms with van der Waals surface area (Å²) in [6.07, 6.45) is 4.13. The van der Waals surface area contributed by atoms with Gasteiger partial charge in [-0.1, -0.05) is 11.3 Å². The molecule has 2 aromatic rings. The molecule has 5 heteroatoms. The lowest BCUT2D eigenvalue weighted by atomic mass is 10.2. The Labute approximate surface area is 93.3 Å². The highest BCUT2D eigenvalue weighted by Gasteiger charge is 2.29. The van der Waals surface area contributed by atoms with Crippen molar-refractivity contribution in [1.29, 1.82) is 0 Å². The van der Waals surface area contributed by atoms with Gasteiger partial charge in [-0.15, -0.1) is 5.10 Å². The number of pyridine rings is 1. The largest absolute Gasteiger partial charge is 0.325 e. The molecular weight excluding hydrogens is 202 g/mol. The SMILES string of the molecule is NCc1nnn(C2CC2)c1-c1ccccn1. The van der Waals surface area contributed by atoms with Crippen LogP contribution in [0, 0.1) is 0 Å². The van der Waals surface area contributed by atoms with Crippen LogP contribution in [0.5, 0.6) is 0 Å². The van der Waals surface area contributed by atoms with Crippen LogP contribution in [-0.4, -0.2) is 20.0 Å². The molecule has 0 aromatic carbocycles. The van der Waals surface area contributed by atoms with Crippen LogP contribution in [0.3, 0.4) is 0 Å². The quantitative estimate of drug-likeness (QED) is 0.833. The van der Waals surface area contributed by atoms with Gasteiger partial charge in [-0.05, 0) is 25.0 Å². The standard InChI is InChI=1S/C11H13N5/c12-7-10-11(9-3-1-2-6-13-9)16(15-14-10)8-4-5-8/h1-3,6,8H,4-5,7,12H2. The maximum absolute atomic E-state index is 5.68. The lowest BCUT2D eigenvalue weighted by molar-refractivity contribution is 0.615. The van der Waals surface area contributed by atoms with Crippen molar-refractivity contribution in [3.8, 4) is 11.4 Å². The van der Waals surface area contributed by atoms with Gasteiger partial charge in [0.15, 0.2) is 0 Å². The highest BCUT2D eigenvalue weighted by Crippen LogP contribution is 2.37. The Morgan fingerprint density at radius 2 is 2.25 bits per heavy atom. The Morgan fingerprint density at radius 1 is 1.38 bits per heavy atom. The van der Waals surface area contributed by atoms with Gasteiger partial charge in [0.25, 0.3) is 0 Å². The van der Waals surface area contributed by atoms with Gasteiger partial charge in [-0.25, -0.2) is 4.68 Å². The second kappa shape index (κ2) is 3.68. The van der Waals surface area contributed by atoms with E-state index in [1.54, 1.807) is 6.20 Å². The van der Waals surface area contributed by atoms with Crippen LogP contribution < -0.4 is 5.73 Å². The van der Waals surface area contributed by atoms with E-state index in [4.69, 9.17) is 5.73 Å². The second-order valence-electron chi connectivity index (χ2n) is 3.98. The minimum Gasteiger partial charge on any atom is -0.325 e. The van der Waals surface area contributed by atoms with E-state index in [0.29, 0.717) is 12.6 Å². The zero-order chi connectivity index (χ0) is 11.0. The Hall–Kier alpha value is -1.75. The van der Waals surface area contributed by atoms with E-state index in [9.17, 15) is 0 Å². The van der Waals surface area contributed by atoms with Crippen LogP contribution in [0.2, 0.25) is 0 Å². The molecule has 0 aliphatic heterocycles. The summed E-state index contributed by atoms with van der Waals surface area (Å²) in [5, 5.41) is 8.29. The summed E-state index contributed by atoms with van der Waals surface area (Å²) in [5.74, 6) is 0. The number of hydrogen-bond donors (Lipinski definition) is 1. The fourth-order valence-corrected chi connectivity index (χ4v) is 1.81. The normalized spacial score (nSPS) is 15.3.